The Bertz CT molecular complexity index is 401. The van der Waals surface area contributed by atoms with Crippen LogP contribution in [0.1, 0.15) is 38.7 Å². The van der Waals surface area contributed by atoms with Gasteiger partial charge in [-0.25, -0.2) is 0 Å². The first-order valence-corrected chi connectivity index (χ1v) is 7.05. The summed E-state index contributed by atoms with van der Waals surface area (Å²) in [6.45, 7) is 5.26. The summed E-state index contributed by atoms with van der Waals surface area (Å²) < 4.78 is 1.10. The lowest BCUT2D eigenvalue weighted by Crippen LogP contribution is -2.19. The molecule has 0 aromatic heterocycles. The summed E-state index contributed by atoms with van der Waals surface area (Å²) in [6, 6.07) is 6.82. The minimum atomic E-state index is 0.479. The Balaban J connectivity index is 2.12. The SMILES string of the molecule is CC1(C)CCC(Nc2cccc(Br)c2CN)C1. The van der Waals surface area contributed by atoms with Crippen LogP contribution in [-0.2, 0) is 6.54 Å². The van der Waals surface area contributed by atoms with E-state index in [1.54, 1.807) is 0 Å². The van der Waals surface area contributed by atoms with E-state index in [1.807, 2.05) is 6.07 Å². The molecule has 1 aliphatic rings. The first kappa shape index (κ1) is 12.9. The van der Waals surface area contributed by atoms with E-state index in [1.165, 1.54) is 30.5 Å². The van der Waals surface area contributed by atoms with Crippen LogP contribution in [0.4, 0.5) is 5.69 Å². The maximum absolute atomic E-state index is 5.81. The van der Waals surface area contributed by atoms with Gasteiger partial charge in [-0.15, -0.1) is 0 Å². The molecule has 0 radical (unpaired) electrons. The summed E-state index contributed by atoms with van der Waals surface area (Å²) in [5.74, 6) is 0. The van der Waals surface area contributed by atoms with E-state index < -0.39 is 0 Å². The summed E-state index contributed by atoms with van der Waals surface area (Å²) in [5.41, 5.74) is 8.65. The van der Waals surface area contributed by atoms with Crippen molar-refractivity contribution in [2.45, 2.75) is 45.7 Å². The van der Waals surface area contributed by atoms with Gasteiger partial charge in [0.2, 0.25) is 0 Å². The molecular weight excluding hydrogens is 276 g/mol. The van der Waals surface area contributed by atoms with Gasteiger partial charge in [0.05, 0.1) is 0 Å². The number of halogens is 1. The van der Waals surface area contributed by atoms with Crippen LogP contribution in [0.15, 0.2) is 22.7 Å². The number of nitrogens with one attached hydrogen (secondary N) is 1. The highest BCUT2D eigenvalue weighted by atomic mass is 79.9. The molecule has 1 aromatic rings. The average Bonchev–Trinajstić information content (AvgIpc) is 2.58. The molecule has 1 unspecified atom stereocenters. The zero-order valence-corrected chi connectivity index (χ0v) is 12.2. The minimum absolute atomic E-state index is 0.479. The quantitative estimate of drug-likeness (QED) is 0.888. The number of hydrogen-bond donors (Lipinski definition) is 2. The second-order valence-electron chi connectivity index (χ2n) is 5.72. The predicted molar refractivity (Wildman–Crippen MR) is 77.1 cm³/mol. The van der Waals surface area contributed by atoms with Crippen molar-refractivity contribution in [1.29, 1.82) is 0 Å². The third-order valence-electron chi connectivity index (χ3n) is 3.65. The third kappa shape index (κ3) is 3.02. The van der Waals surface area contributed by atoms with Gasteiger partial charge in [-0.1, -0.05) is 35.8 Å². The Hall–Kier alpha value is -0.540. The van der Waals surface area contributed by atoms with Crippen LogP contribution in [0.25, 0.3) is 0 Å². The van der Waals surface area contributed by atoms with Crippen molar-refractivity contribution in [3.63, 3.8) is 0 Å². The van der Waals surface area contributed by atoms with Gasteiger partial charge >= 0.3 is 0 Å². The van der Waals surface area contributed by atoms with Gasteiger partial charge in [-0.05, 0) is 36.8 Å². The van der Waals surface area contributed by atoms with Crippen LogP contribution >= 0.6 is 15.9 Å². The molecule has 0 heterocycles. The topological polar surface area (TPSA) is 38.0 Å². The highest BCUT2D eigenvalue weighted by molar-refractivity contribution is 9.10. The highest BCUT2D eigenvalue weighted by Gasteiger charge is 2.30. The number of nitrogens with two attached hydrogens (primary N) is 1. The van der Waals surface area contributed by atoms with Crippen LogP contribution in [0, 0.1) is 5.41 Å². The van der Waals surface area contributed by atoms with Gasteiger partial charge < -0.3 is 11.1 Å². The van der Waals surface area contributed by atoms with Crippen LogP contribution in [0.3, 0.4) is 0 Å². The average molecular weight is 297 g/mol. The van der Waals surface area contributed by atoms with Crippen molar-refractivity contribution >= 4 is 21.6 Å². The Morgan fingerprint density at radius 2 is 2.24 bits per heavy atom. The minimum Gasteiger partial charge on any atom is -0.382 e. The fourth-order valence-electron chi connectivity index (χ4n) is 2.68. The number of benzene rings is 1. The molecule has 2 rings (SSSR count). The maximum Gasteiger partial charge on any atom is 0.0399 e. The second kappa shape index (κ2) is 4.99. The number of anilines is 1. The highest BCUT2D eigenvalue weighted by Crippen LogP contribution is 2.39. The summed E-state index contributed by atoms with van der Waals surface area (Å²) in [6.07, 6.45) is 3.80. The normalized spacial score (nSPS) is 22.7. The largest absolute Gasteiger partial charge is 0.382 e. The van der Waals surface area contributed by atoms with Crippen LogP contribution in [-0.4, -0.2) is 6.04 Å². The van der Waals surface area contributed by atoms with E-state index in [2.05, 4.69) is 47.2 Å². The molecule has 0 amide bonds. The van der Waals surface area contributed by atoms with Gasteiger partial charge in [-0.2, -0.15) is 0 Å². The molecule has 1 fully saturated rings. The third-order valence-corrected chi connectivity index (χ3v) is 4.39. The molecule has 3 heteroatoms. The zero-order valence-electron chi connectivity index (χ0n) is 10.6. The summed E-state index contributed by atoms with van der Waals surface area (Å²) in [5, 5.41) is 3.65. The molecule has 3 N–H and O–H groups in total. The van der Waals surface area contributed by atoms with E-state index in [9.17, 15) is 0 Å². The molecule has 1 aliphatic carbocycles. The monoisotopic (exact) mass is 296 g/mol. The lowest BCUT2D eigenvalue weighted by Gasteiger charge is -2.20. The summed E-state index contributed by atoms with van der Waals surface area (Å²) in [7, 11) is 0. The van der Waals surface area contributed by atoms with Gasteiger partial charge in [0.15, 0.2) is 0 Å². The smallest absolute Gasteiger partial charge is 0.0399 e. The van der Waals surface area contributed by atoms with E-state index in [4.69, 9.17) is 5.73 Å². The van der Waals surface area contributed by atoms with Crippen LogP contribution < -0.4 is 11.1 Å². The van der Waals surface area contributed by atoms with Gasteiger partial charge in [0, 0.05) is 28.3 Å². The van der Waals surface area contributed by atoms with Crippen molar-refractivity contribution in [3.8, 4) is 0 Å². The molecular formula is C14H21BrN2. The predicted octanol–water partition coefficient (Wildman–Crippen LogP) is 3.90. The standard InChI is InChI=1S/C14H21BrN2/c1-14(2)7-6-10(8-14)17-13-5-3-4-12(15)11(13)9-16/h3-5,10,17H,6-9,16H2,1-2H3. The lowest BCUT2D eigenvalue weighted by molar-refractivity contribution is 0.378. The van der Waals surface area contributed by atoms with Crippen LogP contribution in [0.5, 0.6) is 0 Å². The maximum atomic E-state index is 5.81. The van der Waals surface area contributed by atoms with Crippen molar-refractivity contribution in [3.05, 3.63) is 28.2 Å². The molecule has 1 aromatic carbocycles. The number of rotatable bonds is 3. The Kier molecular flexibility index (Phi) is 3.79. The van der Waals surface area contributed by atoms with Gasteiger partial charge in [-0.3, -0.25) is 0 Å². The number of hydrogen-bond acceptors (Lipinski definition) is 2. The van der Waals surface area contributed by atoms with E-state index in [0.29, 0.717) is 18.0 Å². The van der Waals surface area contributed by atoms with E-state index in [-0.39, 0.29) is 0 Å². The van der Waals surface area contributed by atoms with Crippen molar-refractivity contribution < 1.29 is 0 Å². The fraction of sp³-hybridized carbons (Fsp3) is 0.571. The fourth-order valence-corrected chi connectivity index (χ4v) is 3.21. The Morgan fingerprint density at radius 3 is 2.82 bits per heavy atom. The van der Waals surface area contributed by atoms with Crippen molar-refractivity contribution in [2.75, 3.05) is 5.32 Å². The van der Waals surface area contributed by atoms with E-state index in [0.717, 1.165) is 4.47 Å². The summed E-state index contributed by atoms with van der Waals surface area (Å²) >= 11 is 3.56. The van der Waals surface area contributed by atoms with Crippen LogP contribution in [0.2, 0.25) is 0 Å². The molecule has 94 valence electrons. The summed E-state index contributed by atoms with van der Waals surface area (Å²) in [4.78, 5) is 0. The first-order chi connectivity index (χ1) is 8.02. The second-order valence-corrected chi connectivity index (χ2v) is 6.57. The molecule has 2 nitrogen and oxygen atoms in total. The van der Waals surface area contributed by atoms with Crippen molar-refractivity contribution in [1.82, 2.24) is 0 Å². The molecule has 0 spiro atoms. The molecule has 1 atom stereocenters. The van der Waals surface area contributed by atoms with Crippen molar-refractivity contribution in [2.24, 2.45) is 11.1 Å². The molecule has 0 saturated heterocycles. The van der Waals surface area contributed by atoms with Gasteiger partial charge in [0.1, 0.15) is 0 Å². The molecule has 1 saturated carbocycles. The van der Waals surface area contributed by atoms with Gasteiger partial charge in [0.25, 0.3) is 0 Å². The van der Waals surface area contributed by atoms with E-state index >= 15 is 0 Å². The Morgan fingerprint density at radius 1 is 1.47 bits per heavy atom. The zero-order chi connectivity index (χ0) is 12.5. The molecule has 0 bridgehead atoms. The molecule has 0 aliphatic heterocycles. The first-order valence-electron chi connectivity index (χ1n) is 6.26. The Labute approximate surface area is 112 Å². The lowest BCUT2D eigenvalue weighted by atomic mass is 9.92. The molecule has 17 heavy (non-hydrogen) atoms.